The van der Waals surface area contributed by atoms with Crippen LogP contribution in [0.3, 0.4) is 0 Å². The predicted octanol–water partition coefficient (Wildman–Crippen LogP) is 0.395. The summed E-state index contributed by atoms with van der Waals surface area (Å²) in [7, 11) is 0. The fourth-order valence-corrected chi connectivity index (χ4v) is 0.931. The Morgan fingerprint density at radius 1 is 0.545 bits per heavy atom. The second kappa shape index (κ2) is 13.3. The molecule has 0 atom stereocenters. The van der Waals surface area contributed by atoms with Crippen LogP contribution in [-0.2, 0) is 0 Å². The molecule has 0 heterocycles. The molecule has 0 saturated heterocycles. The van der Waals surface area contributed by atoms with Crippen LogP contribution in [0.4, 0.5) is 0 Å². The van der Waals surface area contributed by atoms with E-state index in [1.165, 1.54) is 12.8 Å². The van der Waals surface area contributed by atoms with Gasteiger partial charge in [0.15, 0.2) is 0 Å². The van der Waals surface area contributed by atoms with Crippen LogP contribution in [-0.4, -0.2) is 46.5 Å². The molecule has 0 fully saturated rings. The van der Waals surface area contributed by atoms with Crippen LogP contribution in [0.1, 0.15) is 38.5 Å². The van der Waals surface area contributed by atoms with Gasteiger partial charge in [0.1, 0.15) is 0 Å². The smallest absolute Gasteiger partial charge is 0.316 e. The predicted molar refractivity (Wildman–Crippen MR) is 50.4 cm³/mol. The van der Waals surface area contributed by atoms with Crippen LogP contribution in [0.15, 0.2) is 0 Å². The van der Waals surface area contributed by atoms with Crippen molar-refractivity contribution in [2.45, 2.75) is 38.5 Å². The highest BCUT2D eigenvalue weighted by Crippen LogP contribution is 2.03. The zero-order valence-corrected chi connectivity index (χ0v) is 6.55. The maximum atomic E-state index is 8.43. The number of rotatable bonds is 7. The molecule has 0 unspecified atom stereocenters. The number of aliphatic hydroxyl groups excluding tert-OH is 2. The average Bonchev–Trinajstić information content (AvgIpc) is 1.97. The van der Waals surface area contributed by atoms with E-state index >= 15 is 0 Å². The Balaban J connectivity index is 0. The van der Waals surface area contributed by atoms with Crippen LogP contribution in [0.2, 0.25) is 0 Å². The molecule has 2 N–H and O–H groups in total. The van der Waals surface area contributed by atoms with E-state index in [-0.39, 0.29) is 23.1 Å². The second-order valence-corrected chi connectivity index (χ2v) is 2.57. The Morgan fingerprint density at radius 3 is 1.09 bits per heavy atom. The van der Waals surface area contributed by atoms with E-state index in [1.54, 1.807) is 0 Å². The Kier molecular flexibility index (Phi) is 17.2. The van der Waals surface area contributed by atoms with Gasteiger partial charge in [-0.05, 0) is 12.8 Å². The van der Waals surface area contributed by atoms with E-state index in [9.17, 15) is 0 Å². The molecule has 2 nitrogen and oxygen atoms in total. The summed E-state index contributed by atoms with van der Waals surface area (Å²) in [5.41, 5.74) is 0. The molecule has 0 radical (unpaired) electrons. The summed E-state index contributed by atoms with van der Waals surface area (Å²) in [4.78, 5) is 0. The zero-order chi connectivity index (χ0) is 7.66. The van der Waals surface area contributed by atoms with Crippen LogP contribution >= 0.6 is 0 Å². The minimum absolute atomic E-state index is 0. The number of hydrogen-bond acceptors (Lipinski definition) is 2. The van der Waals surface area contributed by atoms with Gasteiger partial charge in [0.2, 0.25) is 0 Å². The van der Waals surface area contributed by atoms with Gasteiger partial charge in [0, 0.05) is 13.2 Å². The number of unbranched alkanes of at least 4 members (excludes halogenated alkanes) is 5. The largest absolute Gasteiger partial charge is 0.396 e. The summed E-state index contributed by atoms with van der Waals surface area (Å²) in [6.07, 6.45) is 6.50. The lowest BCUT2D eigenvalue weighted by atomic mass is 10.1. The van der Waals surface area contributed by atoms with Gasteiger partial charge in [-0.2, -0.15) is 0 Å². The third kappa shape index (κ3) is 13.6. The first-order chi connectivity index (χ1) is 4.91. The fourth-order valence-electron chi connectivity index (χ4n) is 0.931. The Hall–Kier alpha value is 0.686. The fraction of sp³-hybridized carbons (Fsp3) is 1.00. The molecule has 11 heavy (non-hydrogen) atoms. The monoisotopic (exact) mass is 172 g/mol. The zero-order valence-electron chi connectivity index (χ0n) is 6.55. The lowest BCUT2D eigenvalue weighted by molar-refractivity contribution is 0.275. The summed E-state index contributed by atoms with van der Waals surface area (Å²) in [6, 6.07) is 0. The van der Waals surface area contributed by atoms with E-state index in [1.807, 2.05) is 0 Å². The van der Waals surface area contributed by atoms with Crippen molar-refractivity contribution in [3.63, 3.8) is 0 Å². The summed E-state index contributed by atoms with van der Waals surface area (Å²) < 4.78 is 0. The van der Waals surface area contributed by atoms with Crippen molar-refractivity contribution in [1.29, 1.82) is 0 Å². The van der Waals surface area contributed by atoms with Crippen LogP contribution in [0.25, 0.3) is 0 Å². The third-order valence-corrected chi connectivity index (χ3v) is 1.57. The Labute approximate surface area is 85.2 Å². The van der Waals surface area contributed by atoms with Crippen molar-refractivity contribution in [1.82, 2.24) is 0 Å². The maximum Gasteiger partial charge on any atom is 0.316 e. The molecule has 0 bridgehead atoms. The van der Waals surface area contributed by atoms with Crippen molar-refractivity contribution in [3.8, 4) is 0 Å². The van der Waals surface area contributed by atoms with Crippen molar-refractivity contribution in [2.75, 3.05) is 13.2 Å². The average molecular weight is 173 g/mol. The van der Waals surface area contributed by atoms with Gasteiger partial charge >= 0.3 is 23.1 Å². The summed E-state index contributed by atoms with van der Waals surface area (Å²) in [6.45, 7) is 0.639. The summed E-state index contributed by atoms with van der Waals surface area (Å²) >= 11 is 0. The molecular formula is C8H20MgO2. The summed E-state index contributed by atoms with van der Waals surface area (Å²) in [5.74, 6) is 0. The van der Waals surface area contributed by atoms with Gasteiger partial charge in [-0.25, -0.2) is 0 Å². The van der Waals surface area contributed by atoms with Crippen LogP contribution in [0, 0.1) is 0 Å². The molecule has 66 valence electrons. The lowest BCUT2D eigenvalue weighted by Gasteiger charge is -1.97. The van der Waals surface area contributed by atoms with E-state index < -0.39 is 0 Å². The van der Waals surface area contributed by atoms with Gasteiger partial charge in [0.05, 0.1) is 0 Å². The maximum absolute atomic E-state index is 8.43. The summed E-state index contributed by atoms with van der Waals surface area (Å²) in [5, 5.41) is 16.9. The standard InChI is InChI=1S/C8H18O2.Mg.2H/c9-7-5-3-1-2-4-6-8-10;;;/h9-10H,1-8H2;;;. The molecule has 0 aliphatic carbocycles. The molecule has 3 heteroatoms. The molecule has 0 aromatic carbocycles. The lowest BCUT2D eigenvalue weighted by Crippen LogP contribution is -1.85. The molecule has 0 aliphatic rings. The number of aliphatic hydroxyl groups is 2. The van der Waals surface area contributed by atoms with E-state index in [4.69, 9.17) is 10.2 Å². The minimum Gasteiger partial charge on any atom is -0.396 e. The first kappa shape index (κ1) is 14.2. The third-order valence-electron chi connectivity index (χ3n) is 1.57. The van der Waals surface area contributed by atoms with Gasteiger partial charge < -0.3 is 10.2 Å². The van der Waals surface area contributed by atoms with Crippen molar-refractivity contribution in [3.05, 3.63) is 0 Å². The van der Waals surface area contributed by atoms with Crippen LogP contribution < -0.4 is 0 Å². The molecular weight excluding hydrogens is 152 g/mol. The van der Waals surface area contributed by atoms with Crippen molar-refractivity contribution < 1.29 is 10.2 Å². The van der Waals surface area contributed by atoms with Crippen molar-refractivity contribution in [2.24, 2.45) is 0 Å². The first-order valence-electron chi connectivity index (χ1n) is 4.13. The van der Waals surface area contributed by atoms with Gasteiger partial charge in [-0.15, -0.1) is 0 Å². The van der Waals surface area contributed by atoms with E-state index in [2.05, 4.69) is 0 Å². The molecule has 0 aliphatic heterocycles. The van der Waals surface area contributed by atoms with Crippen LogP contribution in [0.5, 0.6) is 0 Å². The molecule has 0 rings (SSSR count). The Bertz CT molecular complexity index is 52.1. The second-order valence-electron chi connectivity index (χ2n) is 2.57. The molecule has 0 spiro atoms. The molecule has 0 saturated carbocycles. The highest BCUT2D eigenvalue weighted by molar-refractivity contribution is 5.75. The van der Waals surface area contributed by atoms with Crippen molar-refractivity contribution >= 4 is 23.1 Å². The highest BCUT2D eigenvalue weighted by Gasteiger charge is 1.88. The van der Waals surface area contributed by atoms with Gasteiger partial charge in [0.25, 0.3) is 0 Å². The molecule has 0 aromatic heterocycles. The van der Waals surface area contributed by atoms with Gasteiger partial charge in [-0.1, -0.05) is 25.7 Å². The topological polar surface area (TPSA) is 40.5 Å². The normalized spacial score (nSPS) is 9.27. The molecule has 0 amide bonds. The van der Waals surface area contributed by atoms with Gasteiger partial charge in [-0.3, -0.25) is 0 Å². The SMILES string of the molecule is OCCCCCCCCO.[MgH2]. The number of hydrogen-bond donors (Lipinski definition) is 2. The van der Waals surface area contributed by atoms with E-state index in [0.29, 0.717) is 13.2 Å². The quantitative estimate of drug-likeness (QED) is 0.431. The molecule has 0 aromatic rings. The Morgan fingerprint density at radius 2 is 0.818 bits per heavy atom. The minimum atomic E-state index is 0. The van der Waals surface area contributed by atoms with E-state index in [0.717, 1.165) is 25.7 Å². The first-order valence-corrected chi connectivity index (χ1v) is 4.13. The highest BCUT2D eigenvalue weighted by atomic mass is 24.3.